The van der Waals surface area contributed by atoms with Crippen LogP contribution in [0.5, 0.6) is 0 Å². The van der Waals surface area contributed by atoms with E-state index in [2.05, 4.69) is 5.32 Å². The summed E-state index contributed by atoms with van der Waals surface area (Å²) in [5.41, 5.74) is 0. The van der Waals surface area contributed by atoms with Gasteiger partial charge < -0.3 is 5.32 Å². The lowest BCUT2D eigenvalue weighted by molar-refractivity contribution is -0.661. The number of hydrogen-bond acceptors (Lipinski definition) is 2. The molecule has 0 radical (unpaired) electrons. The van der Waals surface area contributed by atoms with Gasteiger partial charge in [-0.2, -0.15) is 4.31 Å². The minimum atomic E-state index is -3.34. The van der Waals surface area contributed by atoms with Gasteiger partial charge in [-0.05, 0) is 22.9 Å². The Bertz CT molecular complexity index is 691. The van der Waals surface area contributed by atoms with Gasteiger partial charge in [0.15, 0.2) is 0 Å². The molecule has 19 heavy (non-hydrogen) atoms. The third-order valence-corrected chi connectivity index (χ3v) is 5.42. The summed E-state index contributed by atoms with van der Waals surface area (Å²) in [6, 6.07) is 13.2. The van der Waals surface area contributed by atoms with E-state index in [1.807, 2.05) is 30.3 Å². The van der Waals surface area contributed by atoms with Gasteiger partial charge in [0.25, 0.3) is 0 Å². The quantitative estimate of drug-likeness (QED) is 0.864. The number of rotatable bonds is 2. The molecule has 1 heterocycles. The van der Waals surface area contributed by atoms with Gasteiger partial charge in [0.1, 0.15) is 0 Å². The zero-order valence-corrected chi connectivity index (χ0v) is 11.4. The molecule has 2 aromatic rings. The number of hydrogen-bond donors (Lipinski definition) is 1. The molecule has 0 bridgehead atoms. The summed E-state index contributed by atoms with van der Waals surface area (Å²) in [6.45, 7) is 2.87. The first-order valence-corrected chi connectivity index (χ1v) is 7.92. The first-order chi connectivity index (χ1) is 9.18. The predicted octanol–water partition coefficient (Wildman–Crippen LogP) is 0.407. The molecule has 0 amide bonds. The minimum absolute atomic E-state index is 0.396. The Hall–Kier alpha value is -1.43. The third-order valence-electron chi connectivity index (χ3n) is 3.52. The highest BCUT2D eigenvalue weighted by molar-refractivity contribution is 7.89. The molecule has 0 aliphatic carbocycles. The van der Waals surface area contributed by atoms with Gasteiger partial charge in [-0.25, -0.2) is 8.42 Å². The number of fused-ring (bicyclic) bond motifs is 1. The Morgan fingerprint density at radius 2 is 1.63 bits per heavy atom. The Labute approximate surface area is 113 Å². The van der Waals surface area contributed by atoms with Crippen molar-refractivity contribution in [3.05, 3.63) is 42.5 Å². The molecular formula is C14H17N2O2S+. The normalized spacial score (nSPS) is 17.7. The van der Waals surface area contributed by atoms with E-state index in [1.165, 1.54) is 0 Å². The van der Waals surface area contributed by atoms with Crippen LogP contribution in [0.25, 0.3) is 10.8 Å². The van der Waals surface area contributed by atoms with Crippen LogP contribution >= 0.6 is 0 Å². The lowest BCUT2D eigenvalue weighted by atomic mass is 10.1. The fraction of sp³-hybridized carbons (Fsp3) is 0.286. The van der Waals surface area contributed by atoms with Crippen molar-refractivity contribution in [2.24, 2.45) is 0 Å². The number of benzene rings is 2. The molecule has 0 saturated carbocycles. The van der Waals surface area contributed by atoms with Crippen LogP contribution in [0.15, 0.2) is 47.4 Å². The Morgan fingerprint density at radius 3 is 2.37 bits per heavy atom. The van der Waals surface area contributed by atoms with Crippen LogP contribution in [0.1, 0.15) is 0 Å². The molecule has 1 aliphatic heterocycles. The summed E-state index contributed by atoms with van der Waals surface area (Å²) in [5.74, 6) is 0. The number of sulfonamides is 1. The summed E-state index contributed by atoms with van der Waals surface area (Å²) >= 11 is 0. The van der Waals surface area contributed by atoms with Crippen molar-refractivity contribution >= 4 is 20.8 Å². The topological polar surface area (TPSA) is 54.0 Å². The first kappa shape index (κ1) is 12.6. The molecule has 1 aliphatic rings. The van der Waals surface area contributed by atoms with Crippen molar-refractivity contribution in [2.45, 2.75) is 4.90 Å². The monoisotopic (exact) mass is 277 g/mol. The van der Waals surface area contributed by atoms with E-state index < -0.39 is 10.0 Å². The maximum absolute atomic E-state index is 12.5. The second-order valence-corrected chi connectivity index (χ2v) is 6.72. The van der Waals surface area contributed by atoms with Crippen LogP contribution in [0.3, 0.4) is 0 Å². The van der Waals surface area contributed by atoms with Crippen molar-refractivity contribution in [3.63, 3.8) is 0 Å². The lowest BCUT2D eigenvalue weighted by Gasteiger charge is -2.24. The van der Waals surface area contributed by atoms with Crippen molar-refractivity contribution in [2.75, 3.05) is 26.2 Å². The van der Waals surface area contributed by atoms with E-state index in [4.69, 9.17) is 0 Å². The molecule has 5 heteroatoms. The first-order valence-electron chi connectivity index (χ1n) is 6.48. The van der Waals surface area contributed by atoms with E-state index >= 15 is 0 Å². The highest BCUT2D eigenvalue weighted by Crippen LogP contribution is 2.21. The molecule has 2 aromatic carbocycles. The molecule has 4 nitrogen and oxygen atoms in total. The average Bonchev–Trinajstić information content (AvgIpc) is 2.47. The lowest BCUT2D eigenvalue weighted by Crippen LogP contribution is -2.89. The Balaban J connectivity index is 2.02. The minimum Gasteiger partial charge on any atom is -0.344 e. The summed E-state index contributed by atoms with van der Waals surface area (Å²) in [4.78, 5) is 0.396. The van der Waals surface area contributed by atoms with Crippen molar-refractivity contribution < 1.29 is 13.7 Å². The molecule has 1 fully saturated rings. The zero-order valence-electron chi connectivity index (χ0n) is 10.6. The molecule has 2 N–H and O–H groups in total. The summed E-state index contributed by atoms with van der Waals surface area (Å²) < 4.78 is 26.7. The predicted molar refractivity (Wildman–Crippen MR) is 74.4 cm³/mol. The van der Waals surface area contributed by atoms with Crippen molar-refractivity contribution in [1.82, 2.24) is 4.31 Å². The highest BCUT2D eigenvalue weighted by atomic mass is 32.2. The van der Waals surface area contributed by atoms with Gasteiger partial charge >= 0.3 is 0 Å². The van der Waals surface area contributed by atoms with Gasteiger partial charge in [0.2, 0.25) is 10.0 Å². The summed E-state index contributed by atoms with van der Waals surface area (Å²) in [5, 5.41) is 4.17. The number of piperazine rings is 1. The van der Waals surface area contributed by atoms with Crippen LogP contribution in [0, 0.1) is 0 Å². The Morgan fingerprint density at radius 1 is 0.947 bits per heavy atom. The SMILES string of the molecule is O=S(=O)(c1ccc2ccccc2c1)N1CC[NH2+]CC1. The average molecular weight is 277 g/mol. The van der Waals surface area contributed by atoms with Crippen LogP contribution in [-0.4, -0.2) is 38.9 Å². The van der Waals surface area contributed by atoms with E-state index in [9.17, 15) is 8.42 Å². The maximum atomic E-state index is 12.5. The van der Waals surface area contributed by atoms with Gasteiger partial charge in [0, 0.05) is 0 Å². The molecular weight excluding hydrogens is 260 g/mol. The van der Waals surface area contributed by atoms with E-state index in [-0.39, 0.29) is 0 Å². The van der Waals surface area contributed by atoms with Crippen LogP contribution in [-0.2, 0) is 10.0 Å². The van der Waals surface area contributed by atoms with E-state index in [0.29, 0.717) is 18.0 Å². The van der Waals surface area contributed by atoms with Gasteiger partial charge in [-0.15, -0.1) is 0 Å². The second kappa shape index (κ2) is 4.92. The van der Waals surface area contributed by atoms with Crippen molar-refractivity contribution in [3.8, 4) is 0 Å². The molecule has 1 saturated heterocycles. The van der Waals surface area contributed by atoms with Crippen LogP contribution < -0.4 is 5.32 Å². The Kier molecular flexibility index (Phi) is 3.26. The van der Waals surface area contributed by atoms with Gasteiger partial charge in [-0.1, -0.05) is 30.3 Å². The van der Waals surface area contributed by atoms with Gasteiger partial charge in [0.05, 0.1) is 31.1 Å². The summed E-state index contributed by atoms with van der Waals surface area (Å²) in [6.07, 6.45) is 0. The number of quaternary nitrogens is 1. The third kappa shape index (κ3) is 2.36. The van der Waals surface area contributed by atoms with Crippen LogP contribution in [0.4, 0.5) is 0 Å². The smallest absolute Gasteiger partial charge is 0.243 e. The number of nitrogens with two attached hydrogens (primary N) is 1. The zero-order chi connectivity index (χ0) is 13.3. The second-order valence-electron chi connectivity index (χ2n) is 4.78. The molecule has 3 rings (SSSR count). The van der Waals surface area contributed by atoms with Crippen molar-refractivity contribution in [1.29, 1.82) is 0 Å². The van der Waals surface area contributed by atoms with E-state index in [1.54, 1.807) is 16.4 Å². The number of nitrogens with zero attached hydrogens (tertiary/aromatic N) is 1. The molecule has 0 spiro atoms. The highest BCUT2D eigenvalue weighted by Gasteiger charge is 2.27. The molecule has 0 aromatic heterocycles. The largest absolute Gasteiger partial charge is 0.344 e. The summed E-state index contributed by atoms with van der Waals surface area (Å²) in [7, 11) is -3.34. The fourth-order valence-corrected chi connectivity index (χ4v) is 3.95. The van der Waals surface area contributed by atoms with Gasteiger partial charge in [-0.3, -0.25) is 0 Å². The maximum Gasteiger partial charge on any atom is 0.243 e. The van der Waals surface area contributed by atoms with Crippen LogP contribution in [0.2, 0.25) is 0 Å². The van der Waals surface area contributed by atoms with E-state index in [0.717, 1.165) is 23.9 Å². The molecule has 100 valence electrons. The standard InChI is InChI=1S/C14H16N2O2S/c17-19(18,16-9-7-15-8-10-16)14-6-5-12-3-1-2-4-13(12)11-14/h1-6,11,15H,7-10H2/p+1. The fourth-order valence-electron chi connectivity index (χ4n) is 2.44. The molecule has 0 atom stereocenters. The molecule has 0 unspecified atom stereocenters.